The second-order valence-electron chi connectivity index (χ2n) is 5.70. The Morgan fingerprint density at radius 2 is 2.29 bits per heavy atom. The van der Waals surface area contributed by atoms with Crippen LogP contribution < -0.4 is 0 Å². The van der Waals surface area contributed by atoms with Gasteiger partial charge < -0.3 is 4.74 Å². The fourth-order valence-electron chi connectivity index (χ4n) is 2.82. The highest BCUT2D eigenvalue weighted by Gasteiger charge is 2.33. The molecule has 0 saturated carbocycles. The van der Waals surface area contributed by atoms with Gasteiger partial charge in [0.05, 0.1) is 0 Å². The maximum absolute atomic E-state index is 11.3. The minimum Gasteiger partial charge on any atom is -0.462 e. The maximum Gasteiger partial charge on any atom is 0.306 e. The lowest BCUT2D eigenvalue weighted by atomic mass is 9.79. The van der Waals surface area contributed by atoms with Crippen LogP contribution in [0.2, 0.25) is 0 Å². The van der Waals surface area contributed by atoms with Gasteiger partial charge >= 0.3 is 5.97 Å². The summed E-state index contributed by atoms with van der Waals surface area (Å²) >= 11 is 0. The van der Waals surface area contributed by atoms with Crippen LogP contribution in [0.3, 0.4) is 0 Å². The van der Waals surface area contributed by atoms with Crippen LogP contribution in [0.5, 0.6) is 0 Å². The topological polar surface area (TPSA) is 26.3 Å². The highest BCUT2D eigenvalue weighted by molar-refractivity contribution is 5.70. The second-order valence-corrected chi connectivity index (χ2v) is 5.70. The lowest BCUT2D eigenvalue weighted by molar-refractivity contribution is -0.158. The third kappa shape index (κ3) is 3.34. The molecule has 0 aromatic carbocycles. The number of allylic oxidation sites excluding steroid dienone is 1. The molecule has 1 saturated heterocycles. The maximum atomic E-state index is 11.3. The molecule has 2 rings (SSSR count). The zero-order valence-electron chi connectivity index (χ0n) is 11.0. The molecule has 0 spiro atoms. The van der Waals surface area contributed by atoms with Gasteiger partial charge in [-0.1, -0.05) is 38.8 Å². The van der Waals surface area contributed by atoms with E-state index < -0.39 is 0 Å². The molecule has 0 aromatic rings. The fraction of sp³-hybridized carbons (Fsp3) is 0.800. The number of fused-ring (bicyclic) bond motifs is 1. The van der Waals surface area contributed by atoms with Crippen molar-refractivity contribution in [2.24, 2.45) is 17.8 Å². The Hall–Kier alpha value is -0.790. The van der Waals surface area contributed by atoms with Crippen LogP contribution in [-0.4, -0.2) is 12.1 Å². The molecule has 0 amide bonds. The van der Waals surface area contributed by atoms with Gasteiger partial charge in [0.2, 0.25) is 0 Å². The normalized spacial score (nSPS) is 34.0. The summed E-state index contributed by atoms with van der Waals surface area (Å²) in [5.41, 5.74) is 0. The third-order valence-corrected chi connectivity index (χ3v) is 4.33. The molecule has 17 heavy (non-hydrogen) atoms. The summed E-state index contributed by atoms with van der Waals surface area (Å²) in [7, 11) is 0. The first kappa shape index (κ1) is 12.7. The van der Waals surface area contributed by atoms with Crippen molar-refractivity contribution in [3.8, 4) is 0 Å². The highest BCUT2D eigenvalue weighted by atomic mass is 16.5. The van der Waals surface area contributed by atoms with Gasteiger partial charge in [0.15, 0.2) is 0 Å². The van der Waals surface area contributed by atoms with Gasteiger partial charge in [-0.2, -0.15) is 0 Å². The van der Waals surface area contributed by atoms with E-state index in [1.165, 1.54) is 19.3 Å². The molecule has 2 heteroatoms. The van der Waals surface area contributed by atoms with E-state index in [0.717, 1.165) is 18.8 Å². The molecule has 0 bridgehead atoms. The van der Waals surface area contributed by atoms with Gasteiger partial charge in [-0.05, 0) is 31.1 Å². The molecule has 1 aliphatic carbocycles. The summed E-state index contributed by atoms with van der Waals surface area (Å²) in [5.74, 6) is 1.93. The standard InChI is InChI=1S/C15H24O2/c1-3-11(2)4-5-12-6-7-13-8-9-15(16)17-14(13)10-12/h6-7,11-14H,3-5,8-10H2,1-2H3. The average molecular weight is 236 g/mol. The van der Waals surface area contributed by atoms with E-state index in [9.17, 15) is 4.79 Å². The monoisotopic (exact) mass is 236 g/mol. The van der Waals surface area contributed by atoms with Crippen LogP contribution >= 0.6 is 0 Å². The van der Waals surface area contributed by atoms with E-state index in [-0.39, 0.29) is 12.1 Å². The molecule has 4 unspecified atom stereocenters. The first-order valence-corrected chi connectivity index (χ1v) is 7.06. The lowest BCUT2D eigenvalue weighted by Crippen LogP contribution is -2.35. The number of ether oxygens (including phenoxy) is 1. The van der Waals surface area contributed by atoms with Gasteiger partial charge in [0, 0.05) is 12.3 Å². The van der Waals surface area contributed by atoms with Crippen LogP contribution in [-0.2, 0) is 9.53 Å². The van der Waals surface area contributed by atoms with Crippen molar-refractivity contribution in [3.05, 3.63) is 12.2 Å². The average Bonchev–Trinajstić information content (AvgIpc) is 2.35. The molecule has 2 nitrogen and oxygen atoms in total. The Labute approximate surface area is 104 Å². The van der Waals surface area contributed by atoms with Crippen molar-refractivity contribution in [1.29, 1.82) is 0 Å². The summed E-state index contributed by atoms with van der Waals surface area (Å²) in [5, 5.41) is 0. The Morgan fingerprint density at radius 1 is 1.47 bits per heavy atom. The van der Waals surface area contributed by atoms with Crippen LogP contribution in [0.4, 0.5) is 0 Å². The second kappa shape index (κ2) is 5.70. The summed E-state index contributed by atoms with van der Waals surface area (Å²) in [6.45, 7) is 4.57. The lowest BCUT2D eigenvalue weighted by Gasteiger charge is -2.35. The zero-order valence-corrected chi connectivity index (χ0v) is 11.0. The molecule has 1 heterocycles. The Kier molecular flexibility index (Phi) is 4.25. The summed E-state index contributed by atoms with van der Waals surface area (Å²) in [6.07, 6.45) is 11.2. The predicted octanol–water partition coefficient (Wildman–Crippen LogP) is 3.71. The van der Waals surface area contributed by atoms with Crippen molar-refractivity contribution in [2.45, 2.75) is 58.5 Å². The Morgan fingerprint density at radius 3 is 3.06 bits per heavy atom. The third-order valence-electron chi connectivity index (χ3n) is 4.33. The molecule has 4 atom stereocenters. The molecule has 0 radical (unpaired) electrons. The molecule has 0 aromatic heterocycles. The SMILES string of the molecule is CCC(C)CCC1C=CC2CCC(=O)OC2C1. The minimum atomic E-state index is 0.00206. The number of hydrogen-bond donors (Lipinski definition) is 0. The zero-order chi connectivity index (χ0) is 12.3. The number of hydrogen-bond acceptors (Lipinski definition) is 2. The summed E-state index contributed by atoms with van der Waals surface area (Å²) in [6, 6.07) is 0. The van der Waals surface area contributed by atoms with E-state index in [1.54, 1.807) is 0 Å². The van der Waals surface area contributed by atoms with Crippen molar-refractivity contribution in [2.75, 3.05) is 0 Å². The van der Waals surface area contributed by atoms with Crippen molar-refractivity contribution in [3.63, 3.8) is 0 Å². The smallest absolute Gasteiger partial charge is 0.306 e. The van der Waals surface area contributed by atoms with Crippen LogP contribution in [0, 0.1) is 17.8 Å². The van der Waals surface area contributed by atoms with E-state index >= 15 is 0 Å². The highest BCUT2D eigenvalue weighted by Crippen LogP contribution is 2.34. The quantitative estimate of drug-likeness (QED) is 0.549. The number of carbonyl (C=O) groups is 1. The van der Waals surface area contributed by atoms with Gasteiger partial charge in [-0.15, -0.1) is 0 Å². The van der Waals surface area contributed by atoms with Gasteiger partial charge in [0.25, 0.3) is 0 Å². The van der Waals surface area contributed by atoms with Crippen molar-refractivity contribution >= 4 is 5.97 Å². The fourth-order valence-corrected chi connectivity index (χ4v) is 2.82. The van der Waals surface area contributed by atoms with Gasteiger partial charge in [-0.25, -0.2) is 0 Å². The summed E-state index contributed by atoms with van der Waals surface area (Å²) in [4.78, 5) is 11.3. The Bertz CT molecular complexity index is 295. The van der Waals surface area contributed by atoms with E-state index in [1.807, 2.05) is 0 Å². The minimum absolute atomic E-state index is 0.00206. The molecule has 1 aliphatic heterocycles. The first-order chi connectivity index (χ1) is 8.19. The van der Waals surface area contributed by atoms with Crippen LogP contribution in [0.1, 0.15) is 52.4 Å². The number of carbonyl (C=O) groups excluding carboxylic acids is 1. The van der Waals surface area contributed by atoms with Crippen LogP contribution in [0.15, 0.2) is 12.2 Å². The van der Waals surface area contributed by atoms with Gasteiger partial charge in [0.1, 0.15) is 6.10 Å². The molecular weight excluding hydrogens is 212 g/mol. The molecule has 0 N–H and O–H groups in total. The van der Waals surface area contributed by atoms with Crippen LogP contribution in [0.25, 0.3) is 0 Å². The van der Waals surface area contributed by atoms with E-state index in [0.29, 0.717) is 18.3 Å². The molecule has 1 fully saturated rings. The molecular formula is C15H24O2. The van der Waals surface area contributed by atoms with E-state index in [2.05, 4.69) is 26.0 Å². The summed E-state index contributed by atoms with van der Waals surface area (Å²) < 4.78 is 5.46. The largest absolute Gasteiger partial charge is 0.462 e. The first-order valence-electron chi connectivity index (χ1n) is 7.06. The van der Waals surface area contributed by atoms with Gasteiger partial charge in [-0.3, -0.25) is 4.79 Å². The van der Waals surface area contributed by atoms with Crippen molar-refractivity contribution < 1.29 is 9.53 Å². The number of esters is 1. The van der Waals surface area contributed by atoms with E-state index in [4.69, 9.17) is 4.74 Å². The van der Waals surface area contributed by atoms with Crippen molar-refractivity contribution in [1.82, 2.24) is 0 Å². The Balaban J connectivity index is 1.84. The number of rotatable bonds is 4. The molecule has 2 aliphatic rings. The molecule has 96 valence electrons. The predicted molar refractivity (Wildman–Crippen MR) is 68.5 cm³/mol.